The summed E-state index contributed by atoms with van der Waals surface area (Å²) in [5, 5.41) is 20.7. The fraction of sp³-hybridized carbons (Fsp3) is 0.250. The zero-order valence-electron chi connectivity index (χ0n) is 9.31. The van der Waals surface area contributed by atoms with Crippen LogP contribution < -0.4 is 0 Å². The van der Waals surface area contributed by atoms with Gasteiger partial charge in [-0.1, -0.05) is 18.2 Å². The normalized spacial score (nSPS) is 10.4. The first-order chi connectivity index (χ1) is 7.72. The predicted octanol–water partition coefficient (Wildman–Crippen LogP) is 1.65. The van der Waals surface area contributed by atoms with Crippen LogP contribution >= 0.6 is 0 Å². The minimum absolute atomic E-state index is 0.0396. The lowest BCUT2D eigenvalue weighted by molar-refractivity contribution is 0.282. The molecule has 4 nitrogen and oxygen atoms in total. The van der Waals surface area contributed by atoms with E-state index in [2.05, 4.69) is 15.4 Å². The highest BCUT2D eigenvalue weighted by Gasteiger charge is 2.08. The van der Waals surface area contributed by atoms with E-state index in [1.54, 1.807) is 0 Å². The summed E-state index contributed by atoms with van der Waals surface area (Å²) in [7, 11) is 0. The third-order valence-corrected chi connectivity index (χ3v) is 2.51. The van der Waals surface area contributed by atoms with Gasteiger partial charge in [-0.2, -0.15) is 0 Å². The van der Waals surface area contributed by atoms with Crippen LogP contribution in [-0.4, -0.2) is 20.5 Å². The number of aryl methyl sites for hydroxylation is 2. The van der Waals surface area contributed by atoms with E-state index in [0.29, 0.717) is 0 Å². The molecule has 0 radical (unpaired) electrons. The summed E-state index contributed by atoms with van der Waals surface area (Å²) in [6, 6.07) is 7.73. The number of rotatable bonds is 2. The third-order valence-electron chi connectivity index (χ3n) is 2.51. The van der Waals surface area contributed by atoms with Crippen molar-refractivity contribution in [3.8, 4) is 11.1 Å². The maximum absolute atomic E-state index is 9.10. The molecule has 0 aliphatic rings. The molecule has 0 aliphatic heterocycles. The number of hydrogen-bond acceptors (Lipinski definition) is 4. The minimum Gasteiger partial charge on any atom is -0.392 e. The highest BCUT2D eigenvalue weighted by atomic mass is 16.3. The Hall–Kier alpha value is -1.81. The van der Waals surface area contributed by atoms with Crippen LogP contribution in [0.5, 0.6) is 0 Å². The number of nitrogens with zero attached hydrogens (tertiary/aromatic N) is 3. The van der Waals surface area contributed by atoms with Crippen molar-refractivity contribution < 1.29 is 5.11 Å². The van der Waals surface area contributed by atoms with Crippen LogP contribution in [0.15, 0.2) is 24.3 Å². The predicted molar refractivity (Wildman–Crippen MR) is 60.7 cm³/mol. The monoisotopic (exact) mass is 215 g/mol. The summed E-state index contributed by atoms with van der Waals surface area (Å²) < 4.78 is 0. The number of aromatic nitrogens is 3. The molecule has 0 spiro atoms. The average molecular weight is 215 g/mol. The summed E-state index contributed by atoms with van der Waals surface area (Å²) in [5.41, 5.74) is 4.59. The molecule has 1 N–H and O–H groups in total. The van der Waals surface area contributed by atoms with Gasteiger partial charge in [0, 0.05) is 5.56 Å². The maximum Gasteiger partial charge on any atom is 0.0714 e. The van der Waals surface area contributed by atoms with E-state index in [-0.39, 0.29) is 6.61 Å². The van der Waals surface area contributed by atoms with Gasteiger partial charge in [0.15, 0.2) is 0 Å². The minimum atomic E-state index is 0.0396. The largest absolute Gasteiger partial charge is 0.392 e. The second-order valence-corrected chi connectivity index (χ2v) is 3.69. The van der Waals surface area contributed by atoms with Crippen molar-refractivity contribution in [2.75, 3.05) is 0 Å². The molecule has 0 atom stereocenters. The van der Waals surface area contributed by atoms with Gasteiger partial charge >= 0.3 is 0 Å². The zero-order valence-corrected chi connectivity index (χ0v) is 9.31. The van der Waals surface area contributed by atoms with Gasteiger partial charge in [-0.15, -0.1) is 10.2 Å². The van der Waals surface area contributed by atoms with Gasteiger partial charge in [0.25, 0.3) is 0 Å². The highest BCUT2D eigenvalue weighted by molar-refractivity contribution is 5.68. The topological polar surface area (TPSA) is 58.9 Å². The van der Waals surface area contributed by atoms with Crippen LogP contribution in [-0.2, 0) is 6.61 Å². The van der Waals surface area contributed by atoms with E-state index >= 15 is 0 Å². The summed E-state index contributed by atoms with van der Waals surface area (Å²) in [5.74, 6) is 0. The van der Waals surface area contributed by atoms with Crippen LogP contribution in [0.1, 0.15) is 17.0 Å². The maximum atomic E-state index is 9.10. The van der Waals surface area contributed by atoms with E-state index < -0.39 is 0 Å². The van der Waals surface area contributed by atoms with Crippen LogP contribution in [0, 0.1) is 13.8 Å². The molecule has 82 valence electrons. The zero-order chi connectivity index (χ0) is 11.5. The Kier molecular flexibility index (Phi) is 2.92. The third kappa shape index (κ3) is 1.92. The molecular formula is C12H13N3O. The van der Waals surface area contributed by atoms with E-state index in [4.69, 9.17) is 5.11 Å². The van der Waals surface area contributed by atoms with Gasteiger partial charge in [0.05, 0.1) is 18.0 Å². The fourth-order valence-electron chi connectivity index (χ4n) is 1.76. The lowest BCUT2D eigenvalue weighted by Crippen LogP contribution is -1.99. The molecule has 0 fully saturated rings. The highest BCUT2D eigenvalue weighted by Crippen LogP contribution is 2.24. The smallest absolute Gasteiger partial charge is 0.0714 e. The molecule has 1 aromatic heterocycles. The fourth-order valence-corrected chi connectivity index (χ4v) is 1.76. The van der Waals surface area contributed by atoms with Crippen LogP contribution in [0.4, 0.5) is 0 Å². The second-order valence-electron chi connectivity index (χ2n) is 3.69. The molecule has 4 heteroatoms. The van der Waals surface area contributed by atoms with Gasteiger partial charge < -0.3 is 5.11 Å². The Morgan fingerprint density at radius 1 is 1.12 bits per heavy atom. The summed E-state index contributed by atoms with van der Waals surface area (Å²) in [6.07, 6.45) is 0. The van der Waals surface area contributed by atoms with Crippen LogP contribution in [0.3, 0.4) is 0 Å². The molecule has 16 heavy (non-hydrogen) atoms. The molecule has 1 heterocycles. The van der Waals surface area contributed by atoms with E-state index in [9.17, 15) is 0 Å². The van der Waals surface area contributed by atoms with Crippen LogP contribution in [0.2, 0.25) is 0 Å². The number of benzene rings is 1. The molecule has 0 saturated heterocycles. The lowest BCUT2D eigenvalue weighted by atomic mass is 10.0. The van der Waals surface area contributed by atoms with E-state index in [1.807, 2.05) is 38.1 Å². The molecule has 0 bridgehead atoms. The first-order valence-corrected chi connectivity index (χ1v) is 5.09. The summed E-state index contributed by atoms with van der Waals surface area (Å²) in [4.78, 5) is 0. The SMILES string of the molecule is Cc1nnnc(C)c1-c1cccc(CO)c1. The first-order valence-electron chi connectivity index (χ1n) is 5.09. The van der Waals surface area contributed by atoms with Crippen LogP contribution in [0.25, 0.3) is 11.1 Å². The number of aliphatic hydroxyl groups excluding tert-OH is 1. The molecular weight excluding hydrogens is 202 g/mol. The van der Waals surface area contributed by atoms with Crippen molar-refractivity contribution in [1.82, 2.24) is 15.4 Å². The molecule has 0 amide bonds. The standard InChI is InChI=1S/C12H13N3O/c1-8-12(9(2)14-15-13-8)11-5-3-4-10(6-11)7-16/h3-6,16H,7H2,1-2H3. The first kappa shape index (κ1) is 10.7. The quantitative estimate of drug-likeness (QED) is 0.827. The van der Waals surface area contributed by atoms with Gasteiger partial charge in [-0.05, 0) is 36.3 Å². The molecule has 2 rings (SSSR count). The molecule has 0 aliphatic carbocycles. The lowest BCUT2D eigenvalue weighted by Gasteiger charge is -2.07. The van der Waals surface area contributed by atoms with Gasteiger partial charge in [0.2, 0.25) is 0 Å². The Labute approximate surface area is 94.0 Å². The van der Waals surface area contributed by atoms with Crippen molar-refractivity contribution >= 4 is 0 Å². The summed E-state index contributed by atoms with van der Waals surface area (Å²) >= 11 is 0. The van der Waals surface area contributed by atoms with Crippen molar-refractivity contribution in [2.45, 2.75) is 20.5 Å². The van der Waals surface area contributed by atoms with Crippen molar-refractivity contribution in [2.24, 2.45) is 0 Å². The van der Waals surface area contributed by atoms with Gasteiger partial charge in [0.1, 0.15) is 0 Å². The number of hydrogen-bond donors (Lipinski definition) is 1. The van der Waals surface area contributed by atoms with Crippen molar-refractivity contribution in [1.29, 1.82) is 0 Å². The Morgan fingerprint density at radius 2 is 1.81 bits per heavy atom. The van der Waals surface area contributed by atoms with Crippen molar-refractivity contribution in [3.63, 3.8) is 0 Å². The molecule has 0 unspecified atom stereocenters. The Morgan fingerprint density at radius 3 is 2.44 bits per heavy atom. The number of aliphatic hydroxyl groups is 1. The van der Waals surface area contributed by atoms with Crippen molar-refractivity contribution in [3.05, 3.63) is 41.2 Å². The van der Waals surface area contributed by atoms with E-state index in [1.165, 1.54) is 0 Å². The summed E-state index contributed by atoms with van der Waals surface area (Å²) in [6.45, 7) is 3.85. The van der Waals surface area contributed by atoms with E-state index in [0.717, 1.165) is 28.1 Å². The Balaban J connectivity index is 2.58. The molecule has 2 aromatic rings. The Bertz CT molecular complexity index is 491. The van der Waals surface area contributed by atoms with Gasteiger partial charge in [-0.3, -0.25) is 0 Å². The average Bonchev–Trinajstić information content (AvgIpc) is 2.29. The second kappa shape index (κ2) is 4.37. The molecule has 1 aromatic carbocycles. The van der Waals surface area contributed by atoms with Gasteiger partial charge in [-0.25, -0.2) is 0 Å². The molecule has 0 saturated carbocycles.